The number of benzene rings is 2. The van der Waals surface area contributed by atoms with Gasteiger partial charge in [0.2, 0.25) is 5.91 Å². The fourth-order valence-corrected chi connectivity index (χ4v) is 3.18. The lowest BCUT2D eigenvalue weighted by atomic mass is 10.1. The molecule has 0 radical (unpaired) electrons. The van der Waals surface area contributed by atoms with Gasteiger partial charge < -0.3 is 5.32 Å². The van der Waals surface area contributed by atoms with E-state index in [9.17, 15) is 9.59 Å². The summed E-state index contributed by atoms with van der Waals surface area (Å²) in [4.78, 5) is 32.4. The van der Waals surface area contributed by atoms with Gasteiger partial charge in [-0.1, -0.05) is 42.1 Å². The fraction of sp³-hybridized carbons (Fsp3) is 0.143. The summed E-state index contributed by atoms with van der Waals surface area (Å²) >= 11 is 1.29. The van der Waals surface area contributed by atoms with Crippen molar-refractivity contribution in [2.45, 2.75) is 19.0 Å². The quantitative estimate of drug-likeness (QED) is 0.392. The molecule has 1 aromatic heterocycles. The zero-order valence-electron chi connectivity index (χ0n) is 15.1. The van der Waals surface area contributed by atoms with Crippen LogP contribution in [0.25, 0.3) is 11.3 Å². The van der Waals surface area contributed by atoms with Crippen molar-refractivity contribution < 1.29 is 9.59 Å². The number of carbonyl (C=O) groups is 2. The fourth-order valence-electron chi connectivity index (χ4n) is 2.48. The van der Waals surface area contributed by atoms with Crippen LogP contribution in [0.2, 0.25) is 0 Å². The number of ketones is 1. The third-order valence-corrected chi connectivity index (χ3v) is 4.66. The third kappa shape index (κ3) is 5.24. The van der Waals surface area contributed by atoms with Crippen molar-refractivity contribution in [2.24, 2.45) is 0 Å². The first kappa shape index (κ1) is 18.8. The van der Waals surface area contributed by atoms with Gasteiger partial charge in [-0.3, -0.25) is 9.59 Å². The summed E-state index contributed by atoms with van der Waals surface area (Å²) in [6, 6.07) is 18.6. The number of aryl methyl sites for hydroxylation is 1. The van der Waals surface area contributed by atoms with Crippen molar-refractivity contribution in [3.05, 3.63) is 71.9 Å². The van der Waals surface area contributed by atoms with E-state index in [1.54, 1.807) is 24.3 Å². The molecule has 1 N–H and O–H groups in total. The van der Waals surface area contributed by atoms with Crippen molar-refractivity contribution in [3.63, 3.8) is 0 Å². The van der Waals surface area contributed by atoms with Gasteiger partial charge in [-0.05, 0) is 44.2 Å². The van der Waals surface area contributed by atoms with Crippen molar-refractivity contribution in [3.8, 4) is 11.3 Å². The molecule has 0 saturated carbocycles. The summed E-state index contributed by atoms with van der Waals surface area (Å²) < 4.78 is 0. The lowest BCUT2D eigenvalue weighted by Crippen LogP contribution is -2.14. The van der Waals surface area contributed by atoms with Crippen LogP contribution in [0.1, 0.15) is 23.0 Å². The van der Waals surface area contributed by atoms with E-state index < -0.39 is 0 Å². The first-order valence-corrected chi connectivity index (χ1v) is 9.44. The predicted molar refractivity (Wildman–Crippen MR) is 108 cm³/mol. The second-order valence-electron chi connectivity index (χ2n) is 6.01. The Balaban J connectivity index is 1.63. The lowest BCUT2D eigenvalue weighted by Gasteiger charge is -2.07. The van der Waals surface area contributed by atoms with E-state index in [-0.39, 0.29) is 17.4 Å². The number of thioether (sulfide) groups is 1. The van der Waals surface area contributed by atoms with Gasteiger partial charge in [0.1, 0.15) is 0 Å². The average molecular weight is 377 g/mol. The van der Waals surface area contributed by atoms with Crippen molar-refractivity contribution >= 4 is 29.1 Å². The monoisotopic (exact) mass is 377 g/mol. The molecule has 1 heterocycles. The second-order valence-corrected chi connectivity index (χ2v) is 6.96. The molecule has 1 amide bonds. The first-order valence-electron chi connectivity index (χ1n) is 8.46. The standard InChI is InChI=1S/C21H19N3O2S/c1-14-12-19(17-6-4-3-5-7-17)24-21(22-14)27-13-20(26)23-18-10-8-16(9-11-18)15(2)25/h3-12H,13H2,1-2H3,(H,23,26). The minimum Gasteiger partial charge on any atom is -0.325 e. The Morgan fingerprint density at radius 3 is 2.37 bits per heavy atom. The SMILES string of the molecule is CC(=O)c1ccc(NC(=O)CSc2nc(C)cc(-c3ccccc3)n2)cc1. The van der Waals surface area contributed by atoms with Crippen molar-refractivity contribution in [2.75, 3.05) is 11.1 Å². The number of anilines is 1. The number of rotatable bonds is 6. The molecule has 3 aromatic rings. The molecule has 5 nitrogen and oxygen atoms in total. The molecule has 6 heteroatoms. The highest BCUT2D eigenvalue weighted by Gasteiger charge is 2.09. The number of nitrogens with one attached hydrogen (secondary N) is 1. The first-order chi connectivity index (χ1) is 13.0. The van der Waals surface area contributed by atoms with Gasteiger partial charge in [0, 0.05) is 22.5 Å². The van der Waals surface area contributed by atoms with Crippen LogP contribution in [0.5, 0.6) is 0 Å². The maximum atomic E-state index is 12.2. The molecule has 0 aliphatic rings. The lowest BCUT2D eigenvalue weighted by molar-refractivity contribution is -0.113. The molecule has 0 fully saturated rings. The van der Waals surface area contributed by atoms with E-state index in [4.69, 9.17) is 0 Å². The Bertz CT molecular complexity index is 957. The zero-order chi connectivity index (χ0) is 19.2. The summed E-state index contributed by atoms with van der Waals surface area (Å²) in [5, 5.41) is 3.38. The van der Waals surface area contributed by atoms with E-state index in [1.165, 1.54) is 18.7 Å². The van der Waals surface area contributed by atoms with Gasteiger partial charge in [0.25, 0.3) is 0 Å². The Labute approximate surface area is 162 Å². The Morgan fingerprint density at radius 1 is 1.00 bits per heavy atom. The number of hydrogen-bond donors (Lipinski definition) is 1. The number of hydrogen-bond acceptors (Lipinski definition) is 5. The molecule has 2 aromatic carbocycles. The number of carbonyl (C=O) groups excluding carboxylic acids is 2. The normalized spacial score (nSPS) is 10.4. The predicted octanol–water partition coefficient (Wildman–Crippen LogP) is 4.39. The van der Waals surface area contributed by atoms with E-state index >= 15 is 0 Å². The smallest absolute Gasteiger partial charge is 0.234 e. The summed E-state index contributed by atoms with van der Waals surface area (Å²) in [6.07, 6.45) is 0. The Kier molecular flexibility index (Phi) is 5.98. The molecule has 0 spiro atoms. The van der Waals surface area contributed by atoms with Crippen LogP contribution in [0.15, 0.2) is 65.8 Å². The van der Waals surface area contributed by atoms with Crippen LogP contribution in [0.4, 0.5) is 5.69 Å². The molecular formula is C21H19N3O2S. The zero-order valence-corrected chi connectivity index (χ0v) is 15.9. The number of amides is 1. The summed E-state index contributed by atoms with van der Waals surface area (Å²) in [7, 11) is 0. The highest BCUT2D eigenvalue weighted by atomic mass is 32.2. The van der Waals surface area contributed by atoms with E-state index in [0.29, 0.717) is 16.4 Å². The molecule has 136 valence electrons. The Morgan fingerprint density at radius 2 is 1.70 bits per heavy atom. The summed E-state index contributed by atoms with van der Waals surface area (Å²) in [5.41, 5.74) is 3.97. The van der Waals surface area contributed by atoms with E-state index in [0.717, 1.165) is 17.0 Å². The average Bonchev–Trinajstić information content (AvgIpc) is 2.67. The summed E-state index contributed by atoms with van der Waals surface area (Å²) in [6.45, 7) is 3.42. The van der Waals surface area contributed by atoms with Crippen LogP contribution < -0.4 is 5.32 Å². The highest BCUT2D eigenvalue weighted by Crippen LogP contribution is 2.21. The topological polar surface area (TPSA) is 72.0 Å². The number of aromatic nitrogens is 2. The van der Waals surface area contributed by atoms with E-state index in [1.807, 2.05) is 43.3 Å². The van der Waals surface area contributed by atoms with Crippen LogP contribution in [-0.4, -0.2) is 27.4 Å². The molecule has 0 bridgehead atoms. The minimum absolute atomic E-state index is 0.00533. The van der Waals surface area contributed by atoms with Gasteiger partial charge >= 0.3 is 0 Å². The Hall–Kier alpha value is -2.99. The van der Waals surface area contributed by atoms with Crippen LogP contribution in [0.3, 0.4) is 0 Å². The van der Waals surface area contributed by atoms with Crippen molar-refractivity contribution in [1.82, 2.24) is 9.97 Å². The highest BCUT2D eigenvalue weighted by molar-refractivity contribution is 7.99. The molecular weight excluding hydrogens is 358 g/mol. The summed E-state index contributed by atoms with van der Waals surface area (Å²) in [5.74, 6) is 0.0442. The molecule has 0 saturated heterocycles. The van der Waals surface area contributed by atoms with Gasteiger partial charge in [-0.15, -0.1) is 0 Å². The maximum absolute atomic E-state index is 12.2. The molecule has 0 aliphatic carbocycles. The van der Waals surface area contributed by atoms with Gasteiger partial charge in [-0.2, -0.15) is 0 Å². The molecule has 3 rings (SSSR count). The van der Waals surface area contributed by atoms with Crippen molar-refractivity contribution in [1.29, 1.82) is 0 Å². The van der Waals surface area contributed by atoms with Gasteiger partial charge in [0.05, 0.1) is 11.4 Å². The van der Waals surface area contributed by atoms with Crippen LogP contribution in [0, 0.1) is 6.92 Å². The van der Waals surface area contributed by atoms with Crippen LogP contribution >= 0.6 is 11.8 Å². The molecule has 27 heavy (non-hydrogen) atoms. The van der Waals surface area contributed by atoms with E-state index in [2.05, 4.69) is 15.3 Å². The molecule has 0 aliphatic heterocycles. The van der Waals surface area contributed by atoms with Crippen LogP contribution in [-0.2, 0) is 4.79 Å². The second kappa shape index (κ2) is 8.60. The third-order valence-electron chi connectivity index (χ3n) is 3.81. The molecule has 0 atom stereocenters. The number of Topliss-reactive ketones (excluding diaryl/α,β-unsaturated/α-hetero) is 1. The minimum atomic E-state index is -0.151. The maximum Gasteiger partial charge on any atom is 0.234 e. The van der Waals surface area contributed by atoms with Gasteiger partial charge in [-0.25, -0.2) is 9.97 Å². The van der Waals surface area contributed by atoms with Gasteiger partial charge in [0.15, 0.2) is 10.9 Å². The largest absolute Gasteiger partial charge is 0.325 e. The molecule has 0 unspecified atom stereocenters. The number of nitrogens with zero attached hydrogens (tertiary/aromatic N) is 2.